The Morgan fingerprint density at radius 1 is 1.17 bits per heavy atom. The Bertz CT molecular complexity index is 1150. The number of hydrogen-bond donors (Lipinski definition) is 2. The Hall–Kier alpha value is -2.85. The largest absolute Gasteiger partial charge is 0.406 e. The maximum absolute atomic E-state index is 13.9. The van der Waals surface area contributed by atoms with Crippen molar-refractivity contribution in [3.63, 3.8) is 0 Å². The molecular formula is C26H30F3N5O2. The number of hydrogen-bond acceptors (Lipinski definition) is 6. The predicted molar refractivity (Wildman–Crippen MR) is 130 cm³/mol. The fourth-order valence-electron chi connectivity index (χ4n) is 5.71. The van der Waals surface area contributed by atoms with Crippen LogP contribution < -0.4 is 20.4 Å². The number of nitrogens with zero attached hydrogens (tertiary/aromatic N) is 3. The number of ether oxygens (including phenoxy) is 1. The maximum atomic E-state index is 13.9. The number of anilines is 4. The molecule has 2 N–H and O–H groups in total. The molecule has 4 aliphatic rings. The molecule has 2 atom stereocenters. The van der Waals surface area contributed by atoms with E-state index in [1.807, 2.05) is 30.3 Å². The molecule has 1 amide bonds. The predicted octanol–water partition coefficient (Wildman–Crippen LogP) is 4.36. The van der Waals surface area contributed by atoms with E-state index in [1.54, 1.807) is 11.1 Å². The summed E-state index contributed by atoms with van der Waals surface area (Å²) in [5.41, 5.74) is 1.72. The third-order valence-corrected chi connectivity index (χ3v) is 7.94. The van der Waals surface area contributed by atoms with Crippen molar-refractivity contribution in [3.05, 3.63) is 42.1 Å². The molecule has 0 unspecified atom stereocenters. The van der Waals surface area contributed by atoms with Gasteiger partial charge in [-0.2, -0.15) is 13.2 Å². The molecule has 0 radical (unpaired) electrons. The number of pyridine rings is 1. The Morgan fingerprint density at radius 3 is 2.72 bits per heavy atom. The minimum Gasteiger partial charge on any atom is -0.378 e. The zero-order chi connectivity index (χ0) is 24.9. The summed E-state index contributed by atoms with van der Waals surface area (Å²) in [5, 5.41) is 6.24. The van der Waals surface area contributed by atoms with Crippen LogP contribution in [0, 0.1) is 5.92 Å². The summed E-state index contributed by atoms with van der Waals surface area (Å²) in [5.74, 6) is 0.333. The van der Waals surface area contributed by atoms with E-state index in [1.165, 1.54) is 0 Å². The molecule has 1 aromatic carbocycles. The number of carbonyl (C=O) groups excluding carboxylic acids is 1. The lowest BCUT2D eigenvalue weighted by Crippen LogP contribution is -2.49. The molecule has 2 saturated carbocycles. The van der Waals surface area contributed by atoms with Crippen LogP contribution in [0.4, 0.5) is 36.1 Å². The number of alkyl halides is 3. The van der Waals surface area contributed by atoms with E-state index in [4.69, 9.17) is 4.74 Å². The molecule has 7 nitrogen and oxygen atoms in total. The molecule has 2 aromatic rings. The Balaban J connectivity index is 1.27. The van der Waals surface area contributed by atoms with Gasteiger partial charge in [-0.25, -0.2) is 4.98 Å². The van der Waals surface area contributed by atoms with Crippen molar-refractivity contribution in [1.82, 2.24) is 10.3 Å². The first-order chi connectivity index (χ1) is 17.3. The quantitative estimate of drug-likeness (QED) is 0.649. The lowest BCUT2D eigenvalue weighted by molar-refractivity contribution is -0.167. The molecule has 2 aliphatic carbocycles. The van der Waals surface area contributed by atoms with Crippen LogP contribution in [-0.2, 0) is 16.1 Å². The molecule has 3 heterocycles. The molecule has 1 aromatic heterocycles. The lowest BCUT2D eigenvalue weighted by Gasteiger charge is -2.31. The topological polar surface area (TPSA) is 69.7 Å². The number of carbonyl (C=O) groups is 1. The van der Waals surface area contributed by atoms with Crippen LogP contribution in [0.2, 0.25) is 0 Å². The first kappa shape index (κ1) is 23.5. The molecule has 192 valence electrons. The maximum Gasteiger partial charge on any atom is 0.406 e. The zero-order valence-electron chi connectivity index (χ0n) is 20.0. The van der Waals surface area contributed by atoms with Crippen molar-refractivity contribution >= 4 is 28.8 Å². The van der Waals surface area contributed by atoms with E-state index >= 15 is 0 Å². The van der Waals surface area contributed by atoms with Gasteiger partial charge in [0.1, 0.15) is 11.4 Å². The highest BCUT2D eigenvalue weighted by Crippen LogP contribution is 2.50. The van der Waals surface area contributed by atoms with Gasteiger partial charge in [-0.1, -0.05) is 6.07 Å². The summed E-state index contributed by atoms with van der Waals surface area (Å²) in [6.45, 7) is 3.22. The smallest absolute Gasteiger partial charge is 0.378 e. The van der Waals surface area contributed by atoms with Gasteiger partial charge in [-0.05, 0) is 56.4 Å². The second kappa shape index (κ2) is 8.92. The first-order valence-electron chi connectivity index (χ1n) is 12.7. The highest BCUT2D eigenvalue weighted by atomic mass is 19.4. The van der Waals surface area contributed by atoms with Crippen molar-refractivity contribution in [2.45, 2.75) is 56.4 Å². The Kier molecular flexibility index (Phi) is 5.83. The van der Waals surface area contributed by atoms with Crippen LogP contribution >= 0.6 is 0 Å². The third kappa shape index (κ3) is 4.30. The van der Waals surface area contributed by atoms with E-state index < -0.39 is 11.7 Å². The average Bonchev–Trinajstić information content (AvgIpc) is 3.57. The fourth-order valence-corrected chi connectivity index (χ4v) is 5.71. The second-order valence-corrected chi connectivity index (χ2v) is 10.3. The number of aromatic nitrogens is 1. The summed E-state index contributed by atoms with van der Waals surface area (Å²) in [4.78, 5) is 22.4. The van der Waals surface area contributed by atoms with Gasteiger partial charge in [0.2, 0.25) is 5.91 Å². The average molecular weight is 502 g/mol. The van der Waals surface area contributed by atoms with E-state index in [0.717, 1.165) is 35.7 Å². The first-order valence-corrected chi connectivity index (χ1v) is 12.7. The number of halogens is 3. The SMILES string of the molecule is O=C([C@@H]1CC[C@@H](NC2(C(F)(F)F)CC2)C1)N1Cc2cccnc2Nc2ccc(N3CCOCC3)cc21. The van der Waals surface area contributed by atoms with Crippen LogP contribution in [-0.4, -0.2) is 55.0 Å². The molecule has 6 rings (SSSR count). The summed E-state index contributed by atoms with van der Waals surface area (Å²) >= 11 is 0. The van der Waals surface area contributed by atoms with E-state index in [0.29, 0.717) is 44.8 Å². The van der Waals surface area contributed by atoms with E-state index in [-0.39, 0.29) is 30.7 Å². The molecule has 3 fully saturated rings. The molecule has 10 heteroatoms. The molecule has 2 aliphatic heterocycles. The van der Waals surface area contributed by atoms with Gasteiger partial charge in [0.25, 0.3) is 0 Å². The highest BCUT2D eigenvalue weighted by molar-refractivity contribution is 6.00. The summed E-state index contributed by atoms with van der Waals surface area (Å²) in [6.07, 6.45) is -0.746. The standard InChI is InChI=1S/C26H30F3N5O2/c27-26(28,29)25(7-8-25)32-19-4-3-17(14-19)24(35)34-16-18-2-1-9-30-23(18)31-21-6-5-20(15-22(21)34)33-10-12-36-13-11-33/h1-2,5-6,9,15,17,19,32H,3-4,7-8,10-14,16H2,(H,30,31)/t17-,19-/m1/s1. The molecular weight excluding hydrogens is 471 g/mol. The minimum atomic E-state index is -4.25. The van der Waals surface area contributed by atoms with Crippen molar-refractivity contribution in [2.75, 3.05) is 41.4 Å². The van der Waals surface area contributed by atoms with Gasteiger partial charge in [0, 0.05) is 42.5 Å². The van der Waals surface area contributed by atoms with Gasteiger partial charge in [0.15, 0.2) is 0 Å². The Labute approximate surface area is 208 Å². The van der Waals surface area contributed by atoms with Crippen LogP contribution in [0.1, 0.15) is 37.7 Å². The third-order valence-electron chi connectivity index (χ3n) is 7.94. The minimum absolute atomic E-state index is 0.0463. The normalized spacial score (nSPS) is 25.0. The number of amides is 1. The van der Waals surface area contributed by atoms with Crippen LogP contribution in [0.3, 0.4) is 0 Å². The number of rotatable bonds is 4. The van der Waals surface area contributed by atoms with Crippen LogP contribution in [0.15, 0.2) is 36.5 Å². The van der Waals surface area contributed by atoms with E-state index in [9.17, 15) is 18.0 Å². The second-order valence-electron chi connectivity index (χ2n) is 10.3. The number of morpholine rings is 1. The lowest BCUT2D eigenvalue weighted by atomic mass is 10.0. The molecule has 0 spiro atoms. The van der Waals surface area contributed by atoms with Gasteiger partial charge in [-0.15, -0.1) is 0 Å². The number of fused-ring (bicyclic) bond motifs is 2. The van der Waals surface area contributed by atoms with E-state index in [2.05, 4.69) is 20.5 Å². The monoisotopic (exact) mass is 501 g/mol. The fraction of sp³-hybridized carbons (Fsp3) is 0.538. The van der Waals surface area contributed by atoms with Crippen molar-refractivity contribution in [1.29, 1.82) is 0 Å². The number of nitrogens with one attached hydrogen (secondary N) is 2. The summed E-state index contributed by atoms with van der Waals surface area (Å²) in [7, 11) is 0. The van der Waals surface area contributed by atoms with Gasteiger partial charge < -0.3 is 25.2 Å². The summed E-state index contributed by atoms with van der Waals surface area (Å²) < 4.78 is 45.9. The molecule has 0 bridgehead atoms. The van der Waals surface area contributed by atoms with Crippen molar-refractivity contribution in [2.24, 2.45) is 5.92 Å². The molecule has 36 heavy (non-hydrogen) atoms. The zero-order valence-corrected chi connectivity index (χ0v) is 20.0. The van der Waals surface area contributed by atoms with Crippen LogP contribution in [0.5, 0.6) is 0 Å². The highest BCUT2D eigenvalue weighted by Gasteiger charge is 2.64. The molecule has 1 saturated heterocycles. The summed E-state index contributed by atoms with van der Waals surface area (Å²) in [6, 6.07) is 9.54. The van der Waals surface area contributed by atoms with Crippen molar-refractivity contribution in [3.8, 4) is 0 Å². The Morgan fingerprint density at radius 2 is 1.97 bits per heavy atom. The van der Waals surface area contributed by atoms with Crippen molar-refractivity contribution < 1.29 is 22.7 Å². The number of benzene rings is 1. The van der Waals surface area contributed by atoms with Crippen LogP contribution in [0.25, 0.3) is 0 Å². The van der Waals surface area contributed by atoms with Gasteiger partial charge in [-0.3, -0.25) is 4.79 Å². The van der Waals surface area contributed by atoms with Gasteiger partial charge in [0.05, 0.1) is 31.1 Å². The van der Waals surface area contributed by atoms with Gasteiger partial charge >= 0.3 is 6.18 Å².